The summed E-state index contributed by atoms with van der Waals surface area (Å²) in [6.45, 7) is 0. The fraction of sp³-hybridized carbons (Fsp3) is 0. The number of hydrogen-bond donors (Lipinski definition) is 0. The van der Waals surface area contributed by atoms with E-state index < -0.39 is 0 Å². The van der Waals surface area contributed by atoms with Gasteiger partial charge in [0.05, 0.1) is 33.4 Å². The average Bonchev–Trinajstić information content (AvgIpc) is 4.03. The highest BCUT2D eigenvalue weighted by atomic mass is 16.3. The summed E-state index contributed by atoms with van der Waals surface area (Å²) in [5.41, 5.74) is 14.6. The van der Waals surface area contributed by atoms with Crippen LogP contribution >= 0.6 is 0 Å². The lowest BCUT2D eigenvalue weighted by Crippen LogP contribution is -1.97. The summed E-state index contributed by atoms with van der Waals surface area (Å²) in [5.74, 6) is 0. The van der Waals surface area contributed by atoms with E-state index in [0.29, 0.717) is 0 Å². The average molecular weight is 741 g/mol. The van der Waals surface area contributed by atoms with Crippen molar-refractivity contribution in [2.45, 2.75) is 0 Å². The summed E-state index contributed by atoms with van der Waals surface area (Å²) in [6.07, 6.45) is 0. The fourth-order valence-electron chi connectivity index (χ4n) is 9.63. The molecule has 13 aromatic rings. The number of furan rings is 2. The molecule has 0 aliphatic rings. The van der Waals surface area contributed by atoms with Gasteiger partial charge in [-0.2, -0.15) is 0 Å². The second-order valence-electron chi connectivity index (χ2n) is 15.2. The van der Waals surface area contributed by atoms with Crippen LogP contribution in [0.2, 0.25) is 0 Å². The van der Waals surface area contributed by atoms with E-state index in [2.05, 4.69) is 203 Å². The molecule has 0 saturated heterocycles. The SMILES string of the molecule is c1ccc(-c2cc3oc4ccc5oc6cc(-c7ccccc7)c(-n7c8ccccc8c8ccccc87)cc6c5c4c3cc2-n2c3ccccc3c3ccccc32)cc1. The molecule has 0 amide bonds. The van der Waals surface area contributed by atoms with Gasteiger partial charge in [-0.1, -0.05) is 133 Å². The third-order valence-electron chi connectivity index (χ3n) is 12.1. The molecule has 0 radical (unpaired) electrons. The molecule has 0 saturated carbocycles. The third kappa shape index (κ3) is 4.34. The minimum absolute atomic E-state index is 0.828. The zero-order valence-corrected chi connectivity index (χ0v) is 31.2. The maximum absolute atomic E-state index is 6.84. The van der Waals surface area contributed by atoms with Gasteiger partial charge in [0.1, 0.15) is 22.3 Å². The largest absolute Gasteiger partial charge is 0.456 e. The maximum Gasteiger partial charge on any atom is 0.136 e. The van der Waals surface area contributed by atoms with Crippen LogP contribution in [0.15, 0.2) is 203 Å². The molecule has 0 atom stereocenters. The van der Waals surface area contributed by atoms with E-state index in [0.717, 1.165) is 99.6 Å². The molecule has 4 nitrogen and oxygen atoms in total. The number of benzene rings is 9. The number of fused-ring (bicyclic) bond motifs is 13. The van der Waals surface area contributed by atoms with Crippen molar-refractivity contribution in [2.75, 3.05) is 0 Å². The Labute approximate surface area is 332 Å². The Morgan fingerprint density at radius 1 is 0.276 bits per heavy atom. The van der Waals surface area contributed by atoms with Crippen molar-refractivity contribution >= 4 is 87.5 Å². The van der Waals surface area contributed by atoms with Crippen LogP contribution in [0.1, 0.15) is 0 Å². The van der Waals surface area contributed by atoms with Gasteiger partial charge >= 0.3 is 0 Å². The highest BCUT2D eigenvalue weighted by Gasteiger charge is 2.24. The van der Waals surface area contributed by atoms with E-state index in [9.17, 15) is 0 Å². The summed E-state index contributed by atoms with van der Waals surface area (Å²) in [6, 6.07) is 69.4. The molecular formula is C54H32N2O2. The van der Waals surface area contributed by atoms with Gasteiger partial charge in [0, 0.05) is 54.2 Å². The molecule has 9 aromatic carbocycles. The monoisotopic (exact) mass is 740 g/mol. The highest BCUT2D eigenvalue weighted by molar-refractivity contribution is 6.27. The van der Waals surface area contributed by atoms with E-state index in [1.807, 2.05) is 0 Å². The lowest BCUT2D eigenvalue weighted by atomic mass is 9.97. The third-order valence-corrected chi connectivity index (χ3v) is 12.1. The summed E-state index contributed by atoms with van der Waals surface area (Å²) < 4.78 is 18.5. The minimum atomic E-state index is 0.828. The zero-order valence-electron chi connectivity index (χ0n) is 31.2. The first-order valence-electron chi connectivity index (χ1n) is 19.8. The Bertz CT molecular complexity index is 3430. The molecule has 58 heavy (non-hydrogen) atoms. The molecule has 0 spiro atoms. The standard InChI is InChI=1S/C54H32N2O2/c1-3-15-33(16-4-1)39-31-51-41(29-47(39)55-43-23-11-7-19-35(43)36-20-8-12-24-44(36)55)53-49(57-51)27-28-50-54(53)42-30-48(40(32-52(42)58-50)34-17-5-2-6-18-34)56-45-25-13-9-21-37(45)38-22-10-14-26-46(38)56/h1-32H. The molecule has 0 unspecified atom stereocenters. The molecule has 0 N–H and O–H groups in total. The van der Waals surface area contributed by atoms with Crippen LogP contribution in [-0.4, -0.2) is 9.13 Å². The second kappa shape index (κ2) is 11.8. The molecular weight excluding hydrogens is 709 g/mol. The van der Waals surface area contributed by atoms with Crippen molar-refractivity contribution in [2.24, 2.45) is 0 Å². The van der Waals surface area contributed by atoms with Crippen LogP contribution in [0.5, 0.6) is 0 Å². The van der Waals surface area contributed by atoms with Crippen molar-refractivity contribution in [3.05, 3.63) is 194 Å². The first kappa shape index (κ1) is 31.4. The molecule has 4 heterocycles. The molecule has 13 rings (SSSR count). The lowest BCUT2D eigenvalue weighted by molar-refractivity contribution is 0.663. The van der Waals surface area contributed by atoms with Crippen LogP contribution in [0.4, 0.5) is 0 Å². The Balaban J connectivity index is 1.17. The van der Waals surface area contributed by atoms with E-state index in [1.165, 1.54) is 21.5 Å². The predicted molar refractivity (Wildman–Crippen MR) is 241 cm³/mol. The van der Waals surface area contributed by atoms with E-state index in [-0.39, 0.29) is 0 Å². The normalized spacial score (nSPS) is 12.1. The van der Waals surface area contributed by atoms with E-state index in [4.69, 9.17) is 8.83 Å². The Morgan fingerprint density at radius 3 is 0.966 bits per heavy atom. The summed E-state index contributed by atoms with van der Waals surface area (Å²) in [7, 11) is 0. The smallest absolute Gasteiger partial charge is 0.136 e. The minimum Gasteiger partial charge on any atom is -0.456 e. The molecule has 0 fully saturated rings. The van der Waals surface area contributed by atoms with Gasteiger partial charge < -0.3 is 18.0 Å². The molecule has 270 valence electrons. The van der Waals surface area contributed by atoms with Gasteiger partial charge in [0.15, 0.2) is 0 Å². The second-order valence-corrected chi connectivity index (χ2v) is 15.2. The van der Waals surface area contributed by atoms with Gasteiger partial charge in [0.25, 0.3) is 0 Å². The molecule has 4 aromatic heterocycles. The van der Waals surface area contributed by atoms with Gasteiger partial charge in [0.2, 0.25) is 0 Å². The van der Waals surface area contributed by atoms with Crippen LogP contribution < -0.4 is 0 Å². The van der Waals surface area contributed by atoms with Crippen molar-refractivity contribution in [1.29, 1.82) is 0 Å². The number of nitrogens with zero attached hydrogens (tertiary/aromatic N) is 2. The number of para-hydroxylation sites is 4. The van der Waals surface area contributed by atoms with Crippen LogP contribution in [0, 0.1) is 0 Å². The summed E-state index contributed by atoms with van der Waals surface area (Å²) in [4.78, 5) is 0. The number of aromatic nitrogens is 2. The maximum atomic E-state index is 6.84. The van der Waals surface area contributed by atoms with Crippen molar-refractivity contribution in [3.8, 4) is 33.6 Å². The number of hydrogen-bond acceptors (Lipinski definition) is 2. The van der Waals surface area contributed by atoms with Crippen molar-refractivity contribution < 1.29 is 8.83 Å². The lowest BCUT2D eigenvalue weighted by Gasteiger charge is -2.15. The van der Waals surface area contributed by atoms with Crippen LogP contribution in [0.25, 0.3) is 121 Å². The fourth-order valence-corrected chi connectivity index (χ4v) is 9.63. The first-order chi connectivity index (χ1) is 28.8. The van der Waals surface area contributed by atoms with Gasteiger partial charge in [-0.3, -0.25) is 0 Å². The van der Waals surface area contributed by atoms with Gasteiger partial charge in [-0.25, -0.2) is 0 Å². The van der Waals surface area contributed by atoms with Crippen LogP contribution in [0.3, 0.4) is 0 Å². The summed E-state index contributed by atoms with van der Waals surface area (Å²) >= 11 is 0. The first-order valence-corrected chi connectivity index (χ1v) is 19.8. The molecule has 4 heteroatoms. The van der Waals surface area contributed by atoms with E-state index >= 15 is 0 Å². The van der Waals surface area contributed by atoms with Crippen LogP contribution in [-0.2, 0) is 0 Å². The Hall–Kier alpha value is -7.82. The van der Waals surface area contributed by atoms with Crippen molar-refractivity contribution in [3.63, 3.8) is 0 Å². The van der Waals surface area contributed by atoms with Gasteiger partial charge in [-0.15, -0.1) is 0 Å². The molecule has 0 aliphatic heterocycles. The quantitative estimate of drug-likeness (QED) is 0.180. The van der Waals surface area contributed by atoms with Gasteiger partial charge in [-0.05, 0) is 71.8 Å². The van der Waals surface area contributed by atoms with Crippen molar-refractivity contribution in [1.82, 2.24) is 9.13 Å². The molecule has 0 aliphatic carbocycles. The Morgan fingerprint density at radius 2 is 0.603 bits per heavy atom. The summed E-state index contributed by atoms with van der Waals surface area (Å²) in [5, 5.41) is 9.10. The number of rotatable bonds is 4. The molecule has 0 bridgehead atoms. The topological polar surface area (TPSA) is 36.1 Å². The van der Waals surface area contributed by atoms with E-state index in [1.54, 1.807) is 0 Å². The Kier molecular flexibility index (Phi) is 6.41. The highest BCUT2D eigenvalue weighted by Crippen LogP contribution is 2.46. The zero-order chi connectivity index (χ0) is 37.9. The predicted octanol–water partition coefficient (Wildman–Crippen LogP) is 15.0.